The number of hydrogen-bond acceptors (Lipinski definition) is 20. The standard InChI is InChI=1S/C48H82O20/c1-10-11-17-20-29-21-18-15-13-12-14-16-19-22-30(49)63-40-36(55)46(68-41-32(51)31(50)25(6)58-47(41)62-29)60-28(9)39(40)67-48-42(65-44(57)24(4)5)35(54)38(27(8)61-48)66-45-34(53)33(52)37(26(7)59-45)64-43(56)23(2)3/h23-29,31-42,45-48,50-55H,10-22H2,1-9H3/t25-,26+,27+,28+,29+,31+,32+,33+,34-,35-,36-,37+,38+,39+,40+,41-,42-,45+,46+,47+,48+/m1/s1. The predicted molar refractivity (Wildman–Crippen MR) is 238 cm³/mol. The van der Waals surface area contributed by atoms with E-state index in [1.165, 1.54) is 13.8 Å². The molecule has 20 heteroatoms. The lowest BCUT2D eigenvalue weighted by atomic mass is 9.95. The molecule has 0 aromatic heterocycles. The van der Waals surface area contributed by atoms with E-state index >= 15 is 0 Å². The number of carbonyl (C=O) groups excluding carboxylic acids is 3. The van der Waals surface area contributed by atoms with E-state index in [2.05, 4.69) is 6.92 Å². The van der Waals surface area contributed by atoms with Crippen LogP contribution in [0.4, 0.5) is 0 Å². The first-order valence-electron chi connectivity index (χ1n) is 25.2. The number of esters is 3. The van der Waals surface area contributed by atoms with Gasteiger partial charge in [0.1, 0.15) is 54.9 Å². The quantitative estimate of drug-likeness (QED) is 0.0932. The molecule has 5 saturated heterocycles. The Morgan fingerprint density at radius 2 is 1.10 bits per heavy atom. The maximum atomic E-state index is 13.6. The molecule has 0 aromatic rings. The van der Waals surface area contributed by atoms with Crippen LogP contribution in [-0.4, -0.2) is 177 Å². The summed E-state index contributed by atoms with van der Waals surface area (Å²) in [6.07, 6.45) is -17.8. The fourth-order valence-electron chi connectivity index (χ4n) is 9.21. The molecule has 0 aromatic carbocycles. The molecule has 5 aliphatic heterocycles. The van der Waals surface area contributed by atoms with Gasteiger partial charge >= 0.3 is 17.9 Å². The zero-order valence-electron chi connectivity index (χ0n) is 41.4. The topological polar surface area (TPSA) is 274 Å². The summed E-state index contributed by atoms with van der Waals surface area (Å²) in [5, 5.41) is 68.6. The molecule has 0 unspecified atom stereocenters. The molecule has 5 heterocycles. The average Bonchev–Trinajstić information content (AvgIpc) is 3.28. The summed E-state index contributed by atoms with van der Waals surface area (Å²) in [6.45, 7) is 14.7. The molecular formula is C48H82O20. The third-order valence-corrected chi connectivity index (χ3v) is 13.5. The van der Waals surface area contributed by atoms with Gasteiger partial charge in [-0.1, -0.05) is 92.4 Å². The van der Waals surface area contributed by atoms with Crippen molar-refractivity contribution in [3.63, 3.8) is 0 Å². The minimum Gasteiger partial charge on any atom is -0.457 e. The van der Waals surface area contributed by atoms with Crippen LogP contribution in [0.1, 0.15) is 146 Å². The highest BCUT2D eigenvalue weighted by molar-refractivity contribution is 5.72. The van der Waals surface area contributed by atoms with Crippen molar-refractivity contribution >= 4 is 17.9 Å². The molecule has 5 fully saturated rings. The second kappa shape index (κ2) is 26.5. The number of fused-ring (bicyclic) bond motifs is 3. The number of hydrogen-bond donors (Lipinski definition) is 6. The number of aliphatic hydroxyl groups is 6. The molecule has 6 N–H and O–H groups in total. The van der Waals surface area contributed by atoms with Crippen molar-refractivity contribution in [2.75, 3.05) is 0 Å². The van der Waals surface area contributed by atoms with Crippen LogP contribution in [-0.2, 0) is 66.5 Å². The van der Waals surface area contributed by atoms with E-state index in [-0.39, 0.29) is 12.5 Å². The Bertz CT molecular complexity index is 1550. The zero-order chi connectivity index (χ0) is 50.0. The van der Waals surface area contributed by atoms with Gasteiger partial charge in [0.15, 0.2) is 43.5 Å². The van der Waals surface area contributed by atoms with Gasteiger partial charge in [0, 0.05) is 6.42 Å². The molecule has 0 radical (unpaired) electrons. The Labute approximate surface area is 400 Å². The van der Waals surface area contributed by atoms with E-state index in [9.17, 15) is 45.0 Å². The van der Waals surface area contributed by atoms with Gasteiger partial charge in [0.2, 0.25) is 0 Å². The van der Waals surface area contributed by atoms with Crippen LogP contribution in [0.2, 0.25) is 0 Å². The minimum absolute atomic E-state index is 0.0257. The zero-order valence-corrected chi connectivity index (χ0v) is 41.4. The minimum atomic E-state index is -1.78. The van der Waals surface area contributed by atoms with Crippen molar-refractivity contribution < 1.29 is 97.1 Å². The van der Waals surface area contributed by atoms with Crippen LogP contribution in [0, 0.1) is 11.8 Å². The number of aliphatic hydroxyl groups excluding tert-OH is 6. The van der Waals surface area contributed by atoms with E-state index in [0.29, 0.717) is 6.42 Å². The van der Waals surface area contributed by atoms with Gasteiger partial charge in [0.25, 0.3) is 0 Å². The Kier molecular flexibility index (Phi) is 22.1. The van der Waals surface area contributed by atoms with Crippen LogP contribution in [0.25, 0.3) is 0 Å². The first-order valence-corrected chi connectivity index (χ1v) is 25.2. The van der Waals surface area contributed by atoms with Crippen LogP contribution >= 0.6 is 0 Å². The SMILES string of the molecule is CCCCC[C@H]1CCCCCCCCCC(=O)O[C@H]2[C@@H](O)[C@H](O[C@H]3[C@H](O1)O[C@H](C)[C@H](O)[C@@H]3O)O[C@@H](C)[C@@H]2O[C@@H]1O[C@@H](C)[C@H](O[C@@H]2O[C@@H](C)[C@H](OC(=O)C(C)C)[C@@H](O)[C@H]2O)[C@@H](O)[C@H]1OC(=O)C(C)C. The summed E-state index contributed by atoms with van der Waals surface area (Å²) >= 11 is 0. The normalized spacial score (nSPS) is 42.8. The molecular weight excluding hydrogens is 897 g/mol. The molecule has 2 bridgehead atoms. The summed E-state index contributed by atoms with van der Waals surface area (Å²) in [4.78, 5) is 39.2. The maximum Gasteiger partial charge on any atom is 0.308 e. The van der Waals surface area contributed by atoms with E-state index < -0.39 is 153 Å². The molecule has 5 aliphatic rings. The molecule has 68 heavy (non-hydrogen) atoms. The molecule has 20 nitrogen and oxygen atoms in total. The van der Waals surface area contributed by atoms with E-state index in [4.69, 9.17) is 52.1 Å². The number of unbranched alkanes of at least 4 members (excludes halogenated alkanes) is 2. The van der Waals surface area contributed by atoms with Crippen molar-refractivity contribution in [3.8, 4) is 0 Å². The van der Waals surface area contributed by atoms with Gasteiger partial charge in [-0.2, -0.15) is 0 Å². The molecule has 0 aliphatic carbocycles. The highest BCUT2D eigenvalue weighted by Crippen LogP contribution is 2.37. The van der Waals surface area contributed by atoms with Gasteiger partial charge in [-0.15, -0.1) is 0 Å². The first kappa shape index (κ1) is 56.8. The van der Waals surface area contributed by atoms with Gasteiger partial charge < -0.3 is 82.7 Å². The third-order valence-electron chi connectivity index (χ3n) is 13.5. The number of ether oxygens (including phenoxy) is 11. The number of rotatable bonds is 12. The molecule has 0 spiro atoms. The molecule has 394 valence electrons. The Balaban J connectivity index is 1.40. The van der Waals surface area contributed by atoms with Crippen molar-refractivity contribution in [2.24, 2.45) is 11.8 Å². The molecule has 5 rings (SSSR count). The van der Waals surface area contributed by atoms with Crippen molar-refractivity contribution in [1.29, 1.82) is 0 Å². The van der Waals surface area contributed by atoms with Gasteiger partial charge in [-0.25, -0.2) is 0 Å². The van der Waals surface area contributed by atoms with Gasteiger partial charge in [0.05, 0.1) is 42.4 Å². The van der Waals surface area contributed by atoms with Crippen molar-refractivity contribution in [2.45, 2.75) is 275 Å². The fourth-order valence-corrected chi connectivity index (χ4v) is 9.21. The summed E-state index contributed by atoms with van der Waals surface area (Å²) in [7, 11) is 0. The third kappa shape index (κ3) is 14.7. The molecule has 0 amide bonds. The van der Waals surface area contributed by atoms with Gasteiger partial charge in [-0.3, -0.25) is 14.4 Å². The smallest absolute Gasteiger partial charge is 0.308 e. The Morgan fingerprint density at radius 3 is 1.75 bits per heavy atom. The second-order valence-corrected chi connectivity index (χ2v) is 19.9. The second-order valence-electron chi connectivity index (χ2n) is 19.9. The van der Waals surface area contributed by atoms with Crippen LogP contribution < -0.4 is 0 Å². The molecule has 0 saturated carbocycles. The van der Waals surface area contributed by atoms with E-state index in [0.717, 1.165) is 70.6 Å². The lowest BCUT2D eigenvalue weighted by molar-refractivity contribution is -0.387. The summed E-state index contributed by atoms with van der Waals surface area (Å²) in [5.74, 6) is -3.21. The summed E-state index contributed by atoms with van der Waals surface area (Å²) < 4.78 is 67.1. The first-order chi connectivity index (χ1) is 32.2. The largest absolute Gasteiger partial charge is 0.457 e. The maximum absolute atomic E-state index is 13.6. The van der Waals surface area contributed by atoms with Crippen molar-refractivity contribution in [3.05, 3.63) is 0 Å². The highest BCUT2D eigenvalue weighted by atomic mass is 16.8. The van der Waals surface area contributed by atoms with Crippen LogP contribution in [0.3, 0.4) is 0 Å². The fraction of sp³-hybridized carbons (Fsp3) is 0.938. The monoisotopic (exact) mass is 979 g/mol. The average molecular weight is 979 g/mol. The van der Waals surface area contributed by atoms with E-state index in [1.54, 1.807) is 41.5 Å². The van der Waals surface area contributed by atoms with Crippen LogP contribution in [0.15, 0.2) is 0 Å². The predicted octanol–water partition coefficient (Wildman–Crippen LogP) is 2.82. The van der Waals surface area contributed by atoms with Gasteiger partial charge in [-0.05, 0) is 47.0 Å². The Morgan fingerprint density at radius 1 is 0.544 bits per heavy atom. The Hall–Kier alpha value is -2.15. The van der Waals surface area contributed by atoms with Crippen molar-refractivity contribution in [1.82, 2.24) is 0 Å². The lowest BCUT2D eigenvalue weighted by Gasteiger charge is -2.49. The summed E-state index contributed by atoms with van der Waals surface area (Å²) in [5.41, 5.74) is 0. The summed E-state index contributed by atoms with van der Waals surface area (Å²) in [6, 6.07) is 0. The van der Waals surface area contributed by atoms with E-state index in [1.807, 2.05) is 0 Å². The highest BCUT2D eigenvalue weighted by Gasteiger charge is 2.56. The number of carbonyl (C=O) groups is 3. The lowest BCUT2D eigenvalue weighted by Crippen LogP contribution is -2.67. The van der Waals surface area contributed by atoms with Crippen LogP contribution in [0.5, 0.6) is 0 Å². The molecule has 21 atom stereocenters.